The summed E-state index contributed by atoms with van der Waals surface area (Å²) in [6, 6.07) is 8.61. The normalized spacial score (nSPS) is 10.3. The van der Waals surface area contributed by atoms with E-state index in [4.69, 9.17) is 17.3 Å². The molecule has 0 spiro atoms. The third-order valence-electron chi connectivity index (χ3n) is 2.75. The van der Waals surface area contributed by atoms with Crippen LogP contribution in [0.2, 0.25) is 5.02 Å². The molecule has 0 fully saturated rings. The van der Waals surface area contributed by atoms with Gasteiger partial charge in [-0.15, -0.1) is 0 Å². The molecule has 0 saturated heterocycles. The highest BCUT2D eigenvalue weighted by Gasteiger charge is 2.15. The van der Waals surface area contributed by atoms with Gasteiger partial charge >= 0.3 is 0 Å². The van der Waals surface area contributed by atoms with E-state index >= 15 is 0 Å². The second kappa shape index (κ2) is 5.28. The number of carbonyl (C=O) groups excluding carboxylic acids is 1. The predicted molar refractivity (Wildman–Crippen MR) is 77.5 cm³/mol. The molecule has 1 aromatic carbocycles. The Morgan fingerprint density at radius 2 is 2.00 bits per heavy atom. The fourth-order valence-electron chi connectivity index (χ4n) is 1.78. The van der Waals surface area contributed by atoms with Crippen LogP contribution in [0.25, 0.3) is 0 Å². The van der Waals surface area contributed by atoms with Crippen LogP contribution in [0.5, 0.6) is 0 Å². The summed E-state index contributed by atoms with van der Waals surface area (Å²) in [5.74, 6) is -0.336. The highest BCUT2D eigenvalue weighted by Crippen LogP contribution is 2.23. The summed E-state index contributed by atoms with van der Waals surface area (Å²) in [6.07, 6.45) is 0. The number of amides is 1. The highest BCUT2D eigenvalue weighted by atomic mass is 35.5. The standard InChI is InChI=1S/C14H14ClN3O/c1-8-6-7-12(9(2)17-8)18-14(19)13-10(15)4-3-5-11(13)16/h3-7H,16H2,1-2H3,(H,18,19). The Bertz CT molecular complexity index is 620. The molecule has 0 bridgehead atoms. The molecule has 5 heteroatoms. The number of nitrogen functional groups attached to an aromatic ring is 1. The highest BCUT2D eigenvalue weighted by molar-refractivity contribution is 6.35. The van der Waals surface area contributed by atoms with E-state index in [-0.39, 0.29) is 11.5 Å². The molecule has 2 rings (SSSR count). The Hall–Kier alpha value is -2.07. The molecule has 0 radical (unpaired) electrons. The molecular formula is C14H14ClN3O. The van der Waals surface area contributed by atoms with E-state index in [0.717, 1.165) is 11.4 Å². The van der Waals surface area contributed by atoms with Crippen molar-refractivity contribution in [3.05, 3.63) is 52.3 Å². The lowest BCUT2D eigenvalue weighted by molar-refractivity contribution is 0.102. The first-order chi connectivity index (χ1) is 8.99. The number of aromatic nitrogens is 1. The number of aryl methyl sites for hydroxylation is 2. The second-order valence-corrected chi connectivity index (χ2v) is 4.65. The van der Waals surface area contributed by atoms with Crippen molar-refractivity contribution in [1.82, 2.24) is 4.98 Å². The maximum Gasteiger partial charge on any atom is 0.259 e. The van der Waals surface area contributed by atoms with Crippen molar-refractivity contribution in [2.24, 2.45) is 0 Å². The molecule has 0 atom stereocenters. The Kier molecular flexibility index (Phi) is 3.71. The summed E-state index contributed by atoms with van der Waals surface area (Å²) in [4.78, 5) is 16.5. The number of hydrogen-bond donors (Lipinski definition) is 2. The number of rotatable bonds is 2. The minimum atomic E-state index is -0.336. The lowest BCUT2D eigenvalue weighted by Gasteiger charge is -2.11. The van der Waals surface area contributed by atoms with Crippen molar-refractivity contribution in [2.45, 2.75) is 13.8 Å². The molecule has 0 aliphatic rings. The Morgan fingerprint density at radius 3 is 2.63 bits per heavy atom. The lowest BCUT2D eigenvalue weighted by Crippen LogP contribution is -2.15. The Labute approximate surface area is 116 Å². The van der Waals surface area contributed by atoms with Crippen LogP contribution in [0.3, 0.4) is 0 Å². The zero-order valence-electron chi connectivity index (χ0n) is 10.7. The van der Waals surface area contributed by atoms with Crippen molar-refractivity contribution in [3.8, 4) is 0 Å². The minimum Gasteiger partial charge on any atom is -0.398 e. The van der Waals surface area contributed by atoms with Gasteiger partial charge in [-0.1, -0.05) is 17.7 Å². The first-order valence-electron chi connectivity index (χ1n) is 5.78. The summed E-state index contributed by atoms with van der Waals surface area (Å²) < 4.78 is 0. The van der Waals surface area contributed by atoms with Crippen molar-refractivity contribution in [3.63, 3.8) is 0 Å². The van der Waals surface area contributed by atoms with E-state index in [9.17, 15) is 4.79 Å². The fourth-order valence-corrected chi connectivity index (χ4v) is 2.05. The largest absolute Gasteiger partial charge is 0.398 e. The summed E-state index contributed by atoms with van der Waals surface area (Å²) in [6.45, 7) is 3.73. The van der Waals surface area contributed by atoms with E-state index in [2.05, 4.69) is 10.3 Å². The maximum absolute atomic E-state index is 12.2. The summed E-state index contributed by atoms with van der Waals surface area (Å²) in [5.41, 5.74) is 8.70. The minimum absolute atomic E-state index is 0.282. The van der Waals surface area contributed by atoms with Crippen LogP contribution in [-0.4, -0.2) is 10.9 Å². The van der Waals surface area contributed by atoms with E-state index in [1.165, 1.54) is 0 Å². The first kappa shape index (κ1) is 13.4. The molecule has 4 nitrogen and oxygen atoms in total. The number of carbonyl (C=O) groups is 1. The van der Waals surface area contributed by atoms with Gasteiger partial charge in [-0.25, -0.2) is 0 Å². The molecule has 0 unspecified atom stereocenters. The van der Waals surface area contributed by atoms with Crippen LogP contribution in [0.4, 0.5) is 11.4 Å². The van der Waals surface area contributed by atoms with Gasteiger partial charge in [0, 0.05) is 11.4 Å². The average molecular weight is 276 g/mol. The number of anilines is 2. The molecule has 0 saturated carbocycles. The van der Waals surface area contributed by atoms with Gasteiger partial charge < -0.3 is 11.1 Å². The molecule has 1 aromatic heterocycles. The number of hydrogen-bond acceptors (Lipinski definition) is 3. The molecule has 19 heavy (non-hydrogen) atoms. The van der Waals surface area contributed by atoms with Crippen LogP contribution in [-0.2, 0) is 0 Å². The molecule has 0 aliphatic carbocycles. The van der Waals surface area contributed by atoms with Gasteiger partial charge in [-0.3, -0.25) is 9.78 Å². The molecule has 1 amide bonds. The van der Waals surface area contributed by atoms with Gasteiger partial charge in [0.25, 0.3) is 5.91 Å². The Balaban J connectivity index is 2.31. The van der Waals surface area contributed by atoms with Gasteiger partial charge in [0.1, 0.15) is 0 Å². The van der Waals surface area contributed by atoms with Gasteiger partial charge in [0.15, 0.2) is 0 Å². The van der Waals surface area contributed by atoms with E-state index < -0.39 is 0 Å². The number of nitrogens with zero attached hydrogens (tertiary/aromatic N) is 1. The fraction of sp³-hybridized carbons (Fsp3) is 0.143. The van der Waals surface area contributed by atoms with Crippen molar-refractivity contribution in [1.29, 1.82) is 0 Å². The quantitative estimate of drug-likeness (QED) is 0.827. The molecule has 1 heterocycles. The predicted octanol–water partition coefficient (Wildman–Crippen LogP) is 3.19. The summed E-state index contributed by atoms with van der Waals surface area (Å²) >= 11 is 6.00. The molecule has 3 N–H and O–H groups in total. The molecular weight excluding hydrogens is 262 g/mol. The van der Waals surface area contributed by atoms with E-state index in [1.807, 2.05) is 26.0 Å². The first-order valence-corrected chi connectivity index (χ1v) is 6.16. The van der Waals surface area contributed by atoms with E-state index in [1.54, 1.807) is 18.2 Å². The number of nitrogens with two attached hydrogens (primary N) is 1. The number of nitrogens with one attached hydrogen (secondary N) is 1. The lowest BCUT2D eigenvalue weighted by atomic mass is 10.1. The zero-order chi connectivity index (χ0) is 14.0. The SMILES string of the molecule is Cc1ccc(NC(=O)c2c(N)cccc2Cl)c(C)n1. The van der Waals surface area contributed by atoms with Gasteiger partial charge in [-0.2, -0.15) is 0 Å². The monoisotopic (exact) mass is 275 g/mol. The van der Waals surface area contributed by atoms with Crippen LogP contribution in [0.15, 0.2) is 30.3 Å². The average Bonchev–Trinajstić information content (AvgIpc) is 2.32. The summed E-state index contributed by atoms with van der Waals surface area (Å²) in [7, 11) is 0. The Morgan fingerprint density at radius 1 is 1.26 bits per heavy atom. The molecule has 98 valence electrons. The topological polar surface area (TPSA) is 68.0 Å². The molecule has 0 aliphatic heterocycles. The van der Waals surface area contributed by atoms with Crippen molar-refractivity contribution in [2.75, 3.05) is 11.1 Å². The van der Waals surface area contributed by atoms with Gasteiger partial charge in [0.05, 0.1) is 22.0 Å². The van der Waals surface area contributed by atoms with Crippen LogP contribution in [0.1, 0.15) is 21.7 Å². The number of benzene rings is 1. The third-order valence-corrected chi connectivity index (χ3v) is 3.06. The van der Waals surface area contributed by atoms with E-state index in [0.29, 0.717) is 16.4 Å². The van der Waals surface area contributed by atoms with Gasteiger partial charge in [0.2, 0.25) is 0 Å². The number of pyridine rings is 1. The van der Waals surface area contributed by atoms with Crippen LogP contribution < -0.4 is 11.1 Å². The number of halogens is 1. The maximum atomic E-state index is 12.2. The third kappa shape index (κ3) is 2.85. The smallest absolute Gasteiger partial charge is 0.259 e. The summed E-state index contributed by atoms with van der Waals surface area (Å²) in [5, 5.41) is 3.10. The zero-order valence-corrected chi connectivity index (χ0v) is 11.5. The van der Waals surface area contributed by atoms with Crippen LogP contribution >= 0.6 is 11.6 Å². The van der Waals surface area contributed by atoms with Crippen molar-refractivity contribution < 1.29 is 4.79 Å². The molecule has 2 aromatic rings. The van der Waals surface area contributed by atoms with Gasteiger partial charge in [-0.05, 0) is 38.1 Å². The van der Waals surface area contributed by atoms with Crippen LogP contribution in [0, 0.1) is 13.8 Å². The van der Waals surface area contributed by atoms with Crippen molar-refractivity contribution >= 4 is 28.9 Å². The second-order valence-electron chi connectivity index (χ2n) is 4.24.